The van der Waals surface area contributed by atoms with Gasteiger partial charge in [-0.25, -0.2) is 9.69 Å². The number of hydrogen-bond acceptors (Lipinski definition) is 1. The number of halogens is 3. The summed E-state index contributed by atoms with van der Waals surface area (Å²) in [6.45, 7) is 16.9. The number of aryl methyl sites for hydroxylation is 1. The summed E-state index contributed by atoms with van der Waals surface area (Å²) in [5.74, 6) is 0. The van der Waals surface area contributed by atoms with Gasteiger partial charge in [-0.1, -0.05) is 115 Å². The van der Waals surface area contributed by atoms with E-state index in [0.717, 1.165) is 88.7 Å². The van der Waals surface area contributed by atoms with Gasteiger partial charge in [0.05, 0.1) is 63.8 Å². The van der Waals surface area contributed by atoms with E-state index in [-0.39, 0.29) is 5.56 Å². The highest BCUT2D eigenvalue weighted by Crippen LogP contribution is 2.46. The highest BCUT2D eigenvalue weighted by molar-refractivity contribution is 6.13. The lowest BCUT2D eigenvalue weighted by atomic mass is 9.91. The molecule has 67 heavy (non-hydrogen) atoms. The van der Waals surface area contributed by atoms with Crippen LogP contribution in [0.2, 0.25) is 0 Å². The van der Waals surface area contributed by atoms with Crippen LogP contribution in [0.15, 0.2) is 188 Å². The number of benzene rings is 9. The quantitative estimate of drug-likeness (QED) is 0.154. The summed E-state index contributed by atoms with van der Waals surface area (Å²) in [5, 5.41) is 14.3. The molecule has 0 unspecified atom stereocenters. The summed E-state index contributed by atoms with van der Waals surface area (Å²) in [7, 11) is 0. The average molecular weight is 870 g/mol. The predicted octanol–water partition coefficient (Wildman–Crippen LogP) is 16.8. The molecule has 2 heterocycles. The van der Waals surface area contributed by atoms with Crippen molar-refractivity contribution in [1.29, 1.82) is 5.26 Å². The van der Waals surface area contributed by atoms with Crippen molar-refractivity contribution in [2.45, 2.75) is 13.1 Å². The van der Waals surface area contributed by atoms with Gasteiger partial charge in [-0.15, -0.1) is 0 Å². The first-order valence-corrected chi connectivity index (χ1v) is 21.5. The normalized spacial score (nSPS) is 11.5. The van der Waals surface area contributed by atoms with Crippen molar-refractivity contribution >= 4 is 55.0 Å². The van der Waals surface area contributed by atoms with E-state index in [1.807, 2.05) is 109 Å². The number of rotatable bonds is 6. The molecular formula is C59H34F3N5. The molecule has 0 fully saturated rings. The molecule has 0 N–H and O–H groups in total. The Kier molecular flexibility index (Phi) is 9.59. The number of nitrogens with zero attached hydrogens (tertiary/aromatic N) is 5. The standard InChI is InChI=1S/C59H34F3N5/c1-36-11-8-18-51(59(60,61)62)58(36)42-22-26-48(57(34-42)67-53-20-7-5-17-46(53)50-33-41(24-28-55(50)67)39-13-10-15-44(31-39)65-3)47-25-21-37(35-63)29-56(47)66-52-19-6-4-16-45(52)49-32-40(23-27-54(49)66)38-12-9-14-43(30-38)64-2/h4-34H,1H3. The van der Waals surface area contributed by atoms with E-state index in [4.69, 9.17) is 13.1 Å². The average Bonchev–Trinajstić information content (AvgIpc) is 3.87. The van der Waals surface area contributed by atoms with Crippen LogP contribution in [-0.2, 0) is 6.18 Å². The number of aromatic nitrogens is 2. The minimum atomic E-state index is -4.61. The Hall–Kier alpha value is -9.16. The molecule has 11 aromatic rings. The van der Waals surface area contributed by atoms with Gasteiger partial charge in [0, 0.05) is 32.7 Å². The van der Waals surface area contributed by atoms with Crippen molar-refractivity contribution in [3.8, 4) is 62.0 Å². The van der Waals surface area contributed by atoms with E-state index >= 15 is 0 Å². The molecular weight excluding hydrogens is 836 g/mol. The van der Waals surface area contributed by atoms with Crippen LogP contribution >= 0.6 is 0 Å². The molecule has 0 saturated carbocycles. The van der Waals surface area contributed by atoms with Crippen molar-refractivity contribution in [2.75, 3.05) is 0 Å². The fourth-order valence-corrected chi connectivity index (χ4v) is 9.74. The first-order valence-electron chi connectivity index (χ1n) is 21.5. The highest BCUT2D eigenvalue weighted by atomic mass is 19.4. The lowest BCUT2D eigenvalue weighted by Gasteiger charge is -2.21. The minimum absolute atomic E-state index is 0.103. The third-order valence-corrected chi connectivity index (χ3v) is 12.7. The number of nitriles is 1. The lowest BCUT2D eigenvalue weighted by Crippen LogP contribution is -2.08. The first kappa shape index (κ1) is 40.6. The largest absolute Gasteiger partial charge is 0.417 e. The molecule has 0 bridgehead atoms. The minimum Gasteiger partial charge on any atom is -0.309 e. The molecule has 0 aliphatic carbocycles. The highest BCUT2D eigenvalue weighted by Gasteiger charge is 2.34. The summed E-state index contributed by atoms with van der Waals surface area (Å²) in [5.41, 5.74) is 11.8. The van der Waals surface area contributed by atoms with Gasteiger partial charge in [-0.2, -0.15) is 18.4 Å². The summed E-state index contributed by atoms with van der Waals surface area (Å²) in [6.07, 6.45) is -4.61. The molecule has 0 atom stereocenters. The maximum Gasteiger partial charge on any atom is 0.417 e. The van der Waals surface area contributed by atoms with Gasteiger partial charge in [0.1, 0.15) is 0 Å². The maximum atomic E-state index is 14.9. The fraction of sp³-hybridized carbons (Fsp3) is 0.0339. The van der Waals surface area contributed by atoms with Crippen LogP contribution < -0.4 is 0 Å². The molecule has 5 nitrogen and oxygen atoms in total. The van der Waals surface area contributed by atoms with E-state index in [0.29, 0.717) is 33.8 Å². The van der Waals surface area contributed by atoms with Crippen molar-refractivity contribution < 1.29 is 13.2 Å². The summed E-state index contributed by atoms with van der Waals surface area (Å²) in [4.78, 5) is 7.30. The zero-order chi connectivity index (χ0) is 46.0. The number of alkyl halides is 3. The van der Waals surface area contributed by atoms with Crippen LogP contribution in [-0.4, -0.2) is 9.13 Å². The van der Waals surface area contributed by atoms with Crippen LogP contribution in [0.3, 0.4) is 0 Å². The van der Waals surface area contributed by atoms with Crippen LogP contribution in [0.4, 0.5) is 24.5 Å². The second kappa shape index (κ2) is 15.8. The van der Waals surface area contributed by atoms with Crippen molar-refractivity contribution in [3.63, 3.8) is 0 Å². The molecule has 8 heteroatoms. The molecule has 0 spiro atoms. The molecule has 11 rings (SSSR count). The second-order valence-electron chi connectivity index (χ2n) is 16.6. The molecule has 9 aromatic carbocycles. The van der Waals surface area contributed by atoms with Gasteiger partial charge in [-0.3, -0.25) is 0 Å². The topological polar surface area (TPSA) is 42.4 Å². The Balaban J connectivity index is 1.22. The summed E-state index contributed by atoms with van der Waals surface area (Å²) in [6, 6.07) is 61.3. The monoisotopic (exact) mass is 869 g/mol. The third-order valence-electron chi connectivity index (χ3n) is 12.7. The van der Waals surface area contributed by atoms with Gasteiger partial charge < -0.3 is 9.13 Å². The predicted molar refractivity (Wildman–Crippen MR) is 264 cm³/mol. The van der Waals surface area contributed by atoms with E-state index in [1.165, 1.54) is 6.07 Å². The Labute approximate surface area is 383 Å². The Bertz CT molecular complexity index is 3980. The molecule has 0 aliphatic rings. The van der Waals surface area contributed by atoms with E-state index in [2.05, 4.69) is 61.3 Å². The Morgan fingerprint density at radius 1 is 0.463 bits per heavy atom. The number of para-hydroxylation sites is 2. The third kappa shape index (κ3) is 6.78. The fourth-order valence-electron chi connectivity index (χ4n) is 9.74. The van der Waals surface area contributed by atoms with Gasteiger partial charge in [0.15, 0.2) is 11.4 Å². The lowest BCUT2D eigenvalue weighted by molar-refractivity contribution is -0.137. The molecule has 0 radical (unpaired) electrons. The summed E-state index contributed by atoms with van der Waals surface area (Å²) < 4.78 is 49.0. The summed E-state index contributed by atoms with van der Waals surface area (Å²) >= 11 is 0. The molecule has 0 saturated heterocycles. The second-order valence-corrected chi connectivity index (χ2v) is 16.6. The first-order chi connectivity index (χ1) is 32.6. The van der Waals surface area contributed by atoms with Crippen LogP contribution in [0.5, 0.6) is 0 Å². The van der Waals surface area contributed by atoms with Gasteiger partial charge in [0.25, 0.3) is 0 Å². The van der Waals surface area contributed by atoms with Crippen molar-refractivity contribution in [2.24, 2.45) is 0 Å². The smallest absolute Gasteiger partial charge is 0.309 e. The molecule has 2 aromatic heterocycles. The number of fused-ring (bicyclic) bond motifs is 6. The molecule has 0 aliphatic heterocycles. The van der Waals surface area contributed by atoms with Crippen LogP contribution in [0.25, 0.3) is 109 Å². The maximum absolute atomic E-state index is 14.9. The van der Waals surface area contributed by atoms with Crippen LogP contribution in [0.1, 0.15) is 16.7 Å². The van der Waals surface area contributed by atoms with Crippen molar-refractivity contribution in [1.82, 2.24) is 9.13 Å². The Morgan fingerprint density at radius 3 is 1.48 bits per heavy atom. The zero-order valence-corrected chi connectivity index (χ0v) is 35.8. The Morgan fingerprint density at radius 2 is 0.940 bits per heavy atom. The molecule has 316 valence electrons. The van der Waals surface area contributed by atoms with Gasteiger partial charge in [0.2, 0.25) is 0 Å². The van der Waals surface area contributed by atoms with Crippen LogP contribution in [0, 0.1) is 31.4 Å². The molecule has 0 amide bonds. The van der Waals surface area contributed by atoms with Gasteiger partial charge in [-0.05, 0) is 119 Å². The SMILES string of the molecule is [C-]#[N+]c1cccc(-c2ccc3c(c2)c2ccccc2n3-c2cc(C#N)ccc2-c2ccc(-c3c(C)cccc3C(F)(F)F)cc2-n2c3ccccc3c3cc(-c4cccc([N+]#[C-])c4)ccc32)c1. The number of hydrogen-bond donors (Lipinski definition) is 0. The van der Waals surface area contributed by atoms with E-state index in [9.17, 15) is 18.4 Å². The van der Waals surface area contributed by atoms with Gasteiger partial charge >= 0.3 is 6.18 Å². The van der Waals surface area contributed by atoms with Crippen molar-refractivity contribution in [3.05, 3.63) is 228 Å². The van der Waals surface area contributed by atoms with E-state index in [1.54, 1.807) is 37.3 Å². The zero-order valence-electron chi connectivity index (χ0n) is 35.8. The van der Waals surface area contributed by atoms with E-state index < -0.39 is 11.7 Å².